The highest BCUT2D eigenvalue weighted by Gasteiger charge is 1.86. The van der Waals surface area contributed by atoms with E-state index in [4.69, 9.17) is 6.42 Å². The minimum Gasteiger partial charge on any atom is -0.142 e. The molecule has 0 saturated carbocycles. The zero-order chi connectivity index (χ0) is 5.82. The summed E-state index contributed by atoms with van der Waals surface area (Å²) in [6.45, 7) is 0. The molecule has 0 amide bonds. The van der Waals surface area contributed by atoms with Crippen molar-refractivity contribution in [3.63, 3.8) is 0 Å². The molecule has 0 N–H and O–H groups in total. The first-order valence-electron chi connectivity index (χ1n) is 2.22. The second-order valence-electron chi connectivity index (χ2n) is 1.34. The maximum absolute atomic E-state index is 5.03. The van der Waals surface area contributed by atoms with Crippen LogP contribution in [-0.4, -0.2) is 0 Å². The Balaban J connectivity index is 2.67. The Kier molecular flexibility index (Phi) is 1.71. The van der Waals surface area contributed by atoms with Crippen molar-refractivity contribution in [1.82, 2.24) is 0 Å². The molecule has 0 aromatic carbocycles. The number of hydrogen-bond donors (Lipinski definition) is 0. The highest BCUT2D eigenvalue weighted by atomic mass is 32.1. The van der Waals surface area contributed by atoms with Crippen molar-refractivity contribution >= 4 is 11.3 Å². The summed E-state index contributed by atoms with van der Waals surface area (Å²) in [7, 11) is 0. The predicted octanol–water partition coefficient (Wildman–Crippen LogP) is 1.52. The first kappa shape index (κ1) is 5.40. The molecule has 0 aliphatic carbocycles. The number of thiophene rings is 1. The molecule has 0 aliphatic heterocycles. The topological polar surface area (TPSA) is 0 Å². The first-order chi connectivity index (χ1) is 3.93. The van der Waals surface area contributed by atoms with Gasteiger partial charge in [0.05, 0.1) is 0 Å². The minimum absolute atomic E-state index is 0.656. The molecule has 8 heavy (non-hydrogen) atoms. The van der Waals surface area contributed by atoms with Gasteiger partial charge in [-0.15, -0.1) is 23.7 Å². The van der Waals surface area contributed by atoms with Gasteiger partial charge in [-0.3, -0.25) is 0 Å². The maximum atomic E-state index is 5.03. The van der Waals surface area contributed by atoms with E-state index in [0.29, 0.717) is 6.42 Å². The van der Waals surface area contributed by atoms with E-state index in [1.54, 1.807) is 0 Å². The Bertz CT molecular complexity index is 179. The summed E-state index contributed by atoms with van der Waals surface area (Å²) in [5.74, 6) is 2.51. The molecule has 0 unspecified atom stereocenters. The molecule has 0 atom stereocenters. The van der Waals surface area contributed by atoms with E-state index in [1.807, 2.05) is 5.38 Å². The largest absolute Gasteiger partial charge is 0.142 e. The molecule has 0 spiro atoms. The molecular formula is C7H4S. The van der Waals surface area contributed by atoms with Crippen LogP contribution in [0.2, 0.25) is 0 Å². The fraction of sp³-hybridized carbons (Fsp3) is 0.143. The van der Waals surface area contributed by atoms with Gasteiger partial charge in [0, 0.05) is 11.8 Å². The Labute approximate surface area is 53.2 Å². The van der Waals surface area contributed by atoms with Crippen molar-refractivity contribution in [2.45, 2.75) is 6.42 Å². The normalized spacial score (nSPS) is 8.38. The van der Waals surface area contributed by atoms with E-state index in [1.165, 1.54) is 11.3 Å². The van der Waals surface area contributed by atoms with Crippen molar-refractivity contribution in [3.05, 3.63) is 22.4 Å². The summed E-state index contributed by atoms with van der Waals surface area (Å²) >= 11 is 1.50. The van der Waals surface area contributed by atoms with Gasteiger partial charge in [-0.2, -0.15) is 0 Å². The lowest BCUT2D eigenvalue weighted by molar-refractivity contribution is 1.35. The molecule has 0 nitrogen and oxygen atoms in total. The molecule has 1 aromatic heterocycles. The Hall–Kier alpha value is -0.740. The highest BCUT2D eigenvalue weighted by Crippen LogP contribution is 2.02. The molecule has 38 valence electrons. The number of rotatable bonds is 1. The Morgan fingerprint density at radius 1 is 1.88 bits per heavy atom. The van der Waals surface area contributed by atoms with Crippen LogP contribution in [0.15, 0.2) is 5.38 Å². The van der Waals surface area contributed by atoms with Crippen LogP contribution >= 0.6 is 11.3 Å². The van der Waals surface area contributed by atoms with E-state index < -0.39 is 0 Å². The van der Waals surface area contributed by atoms with Crippen LogP contribution in [-0.2, 0) is 6.42 Å². The van der Waals surface area contributed by atoms with Crippen LogP contribution in [0.3, 0.4) is 0 Å². The number of hydrogen-bond acceptors (Lipinski definition) is 1. The van der Waals surface area contributed by atoms with Gasteiger partial charge in [0.15, 0.2) is 0 Å². The lowest BCUT2D eigenvalue weighted by Gasteiger charge is -1.77. The van der Waals surface area contributed by atoms with E-state index in [9.17, 15) is 0 Å². The van der Waals surface area contributed by atoms with Crippen molar-refractivity contribution < 1.29 is 0 Å². The van der Waals surface area contributed by atoms with Crippen molar-refractivity contribution in [2.24, 2.45) is 0 Å². The molecule has 0 bridgehead atoms. The SMILES string of the molecule is C#CCc1[c]cs[c]1. The van der Waals surface area contributed by atoms with E-state index in [-0.39, 0.29) is 0 Å². The standard InChI is InChI=1S/C7H4S/c1-2-3-7-4-5-8-6-7/h1,5H,3H2. The second-order valence-corrected chi connectivity index (χ2v) is 2.02. The molecule has 1 heteroatoms. The quantitative estimate of drug-likeness (QED) is 0.493. The van der Waals surface area contributed by atoms with Crippen molar-refractivity contribution in [3.8, 4) is 12.3 Å². The van der Waals surface area contributed by atoms with E-state index in [0.717, 1.165) is 5.56 Å². The zero-order valence-corrected chi connectivity index (χ0v) is 5.09. The fourth-order valence-electron chi connectivity index (χ4n) is 0.420. The zero-order valence-electron chi connectivity index (χ0n) is 4.27. The van der Waals surface area contributed by atoms with Crippen molar-refractivity contribution in [2.75, 3.05) is 0 Å². The van der Waals surface area contributed by atoms with Crippen molar-refractivity contribution in [1.29, 1.82) is 0 Å². The Morgan fingerprint density at radius 3 is 3.25 bits per heavy atom. The summed E-state index contributed by atoms with van der Waals surface area (Å²) in [5, 5.41) is 4.84. The van der Waals surface area contributed by atoms with Crippen LogP contribution in [0.4, 0.5) is 0 Å². The second kappa shape index (κ2) is 2.54. The first-order valence-corrected chi connectivity index (χ1v) is 3.10. The van der Waals surface area contributed by atoms with Gasteiger partial charge in [-0.05, 0) is 17.0 Å². The van der Waals surface area contributed by atoms with E-state index in [2.05, 4.69) is 17.4 Å². The van der Waals surface area contributed by atoms with Gasteiger partial charge in [0.1, 0.15) is 0 Å². The third-order valence-electron chi connectivity index (χ3n) is 0.753. The van der Waals surface area contributed by atoms with Gasteiger partial charge >= 0.3 is 0 Å². The van der Waals surface area contributed by atoms with Crippen LogP contribution in [0.5, 0.6) is 0 Å². The maximum Gasteiger partial charge on any atom is 0.0494 e. The average Bonchev–Trinajstić information content (AvgIpc) is 2.19. The summed E-state index contributed by atoms with van der Waals surface area (Å²) in [4.78, 5) is 0. The molecule has 1 rings (SSSR count). The summed E-state index contributed by atoms with van der Waals surface area (Å²) in [5.41, 5.74) is 0.998. The predicted molar refractivity (Wildman–Crippen MR) is 34.5 cm³/mol. The summed E-state index contributed by atoms with van der Waals surface area (Å²) in [6, 6.07) is 2.96. The van der Waals surface area contributed by atoms with Crippen LogP contribution < -0.4 is 0 Å². The minimum atomic E-state index is 0.656. The van der Waals surface area contributed by atoms with Crippen LogP contribution in [0.1, 0.15) is 5.56 Å². The average molecular weight is 120 g/mol. The lowest BCUT2D eigenvalue weighted by Crippen LogP contribution is -1.71. The molecule has 0 aliphatic rings. The molecule has 2 radical (unpaired) electrons. The smallest absolute Gasteiger partial charge is 0.0494 e. The summed E-state index contributed by atoms with van der Waals surface area (Å²) in [6.07, 6.45) is 5.69. The van der Waals surface area contributed by atoms with Crippen LogP contribution in [0.25, 0.3) is 0 Å². The lowest BCUT2D eigenvalue weighted by atomic mass is 10.3. The van der Waals surface area contributed by atoms with Gasteiger partial charge in [-0.1, -0.05) is 0 Å². The van der Waals surface area contributed by atoms with Gasteiger partial charge in [-0.25, -0.2) is 0 Å². The molecule has 1 aromatic rings. The van der Waals surface area contributed by atoms with Gasteiger partial charge in [0.2, 0.25) is 0 Å². The van der Waals surface area contributed by atoms with E-state index >= 15 is 0 Å². The highest BCUT2D eigenvalue weighted by molar-refractivity contribution is 7.07. The van der Waals surface area contributed by atoms with Gasteiger partial charge in [0.25, 0.3) is 0 Å². The molecule has 1 heterocycles. The fourth-order valence-corrected chi connectivity index (χ4v) is 0.953. The van der Waals surface area contributed by atoms with Gasteiger partial charge < -0.3 is 0 Å². The number of terminal acetylenes is 1. The van der Waals surface area contributed by atoms with Crippen LogP contribution in [0, 0.1) is 23.8 Å². The Morgan fingerprint density at radius 2 is 2.75 bits per heavy atom. The molecule has 0 fully saturated rings. The third kappa shape index (κ3) is 1.11. The monoisotopic (exact) mass is 120 g/mol. The summed E-state index contributed by atoms with van der Waals surface area (Å²) < 4.78 is 0. The molecule has 0 saturated heterocycles. The molecular weight excluding hydrogens is 116 g/mol. The third-order valence-corrected chi connectivity index (χ3v) is 1.35.